The van der Waals surface area contributed by atoms with Crippen LogP contribution in [0.2, 0.25) is 0 Å². The molecule has 0 amide bonds. The predicted octanol–water partition coefficient (Wildman–Crippen LogP) is 0.560. The van der Waals surface area contributed by atoms with Crippen LogP contribution in [0.3, 0.4) is 0 Å². The highest BCUT2D eigenvalue weighted by Crippen LogP contribution is 2.26. The molecular formula is C11H23NO3S. The molecule has 1 saturated carbocycles. The Morgan fingerprint density at radius 1 is 1.38 bits per heavy atom. The second kappa shape index (κ2) is 5.02. The van der Waals surface area contributed by atoms with E-state index in [9.17, 15) is 8.42 Å². The van der Waals surface area contributed by atoms with Crippen LogP contribution in [0.15, 0.2) is 0 Å². The van der Waals surface area contributed by atoms with Gasteiger partial charge in [-0.15, -0.1) is 0 Å². The largest absolute Gasteiger partial charge is 0.396 e. The van der Waals surface area contributed by atoms with Gasteiger partial charge in [-0.05, 0) is 32.6 Å². The number of aliphatic hydroxyl groups is 1. The third-order valence-electron chi connectivity index (χ3n) is 3.69. The zero-order valence-electron chi connectivity index (χ0n) is 10.4. The van der Waals surface area contributed by atoms with Gasteiger partial charge in [0.2, 0.25) is 0 Å². The van der Waals surface area contributed by atoms with E-state index >= 15 is 0 Å². The highest BCUT2D eigenvalue weighted by atomic mass is 32.2. The number of rotatable bonds is 5. The minimum Gasteiger partial charge on any atom is -0.396 e. The van der Waals surface area contributed by atoms with Crippen molar-refractivity contribution in [3.05, 3.63) is 0 Å². The van der Waals surface area contributed by atoms with Crippen molar-refractivity contribution in [3.8, 4) is 0 Å². The topological polar surface area (TPSA) is 66.4 Å². The molecule has 0 radical (unpaired) electrons. The SMILES string of the molecule is CC(C)(CNC1CCCC1CO)S(C)(=O)=O. The van der Waals surface area contributed by atoms with E-state index in [2.05, 4.69) is 5.32 Å². The Hall–Kier alpha value is -0.130. The summed E-state index contributed by atoms with van der Waals surface area (Å²) in [7, 11) is -3.04. The van der Waals surface area contributed by atoms with Gasteiger partial charge in [0.25, 0.3) is 0 Å². The molecule has 1 aliphatic rings. The van der Waals surface area contributed by atoms with Crippen molar-refractivity contribution in [1.82, 2.24) is 5.32 Å². The van der Waals surface area contributed by atoms with Crippen molar-refractivity contribution < 1.29 is 13.5 Å². The minimum atomic E-state index is -3.04. The van der Waals surface area contributed by atoms with Crippen LogP contribution in [0.5, 0.6) is 0 Å². The molecule has 1 aliphatic carbocycles. The summed E-state index contributed by atoms with van der Waals surface area (Å²) < 4.78 is 22.3. The molecule has 0 aliphatic heterocycles. The summed E-state index contributed by atoms with van der Waals surface area (Å²) in [6, 6.07) is 0.269. The smallest absolute Gasteiger partial charge is 0.153 e. The molecule has 0 aromatic heterocycles. The quantitative estimate of drug-likeness (QED) is 0.747. The van der Waals surface area contributed by atoms with E-state index in [-0.39, 0.29) is 18.6 Å². The van der Waals surface area contributed by atoms with Crippen LogP contribution in [-0.2, 0) is 9.84 Å². The molecule has 0 aromatic rings. The summed E-state index contributed by atoms with van der Waals surface area (Å²) in [4.78, 5) is 0. The summed E-state index contributed by atoms with van der Waals surface area (Å²) in [5, 5.41) is 12.5. The third kappa shape index (κ3) is 3.18. The molecule has 0 aromatic carbocycles. The lowest BCUT2D eigenvalue weighted by atomic mass is 10.0. The van der Waals surface area contributed by atoms with Crippen molar-refractivity contribution in [2.45, 2.75) is 43.9 Å². The highest BCUT2D eigenvalue weighted by molar-refractivity contribution is 7.92. The van der Waals surface area contributed by atoms with Gasteiger partial charge >= 0.3 is 0 Å². The summed E-state index contributed by atoms with van der Waals surface area (Å²) in [6.45, 7) is 4.11. The summed E-state index contributed by atoms with van der Waals surface area (Å²) in [5.74, 6) is 0.287. The molecule has 1 fully saturated rings. The van der Waals surface area contributed by atoms with E-state index in [1.165, 1.54) is 6.26 Å². The molecular weight excluding hydrogens is 226 g/mol. The molecule has 5 heteroatoms. The molecule has 2 unspecified atom stereocenters. The second-order valence-electron chi connectivity index (χ2n) is 5.39. The van der Waals surface area contributed by atoms with E-state index in [0.29, 0.717) is 6.54 Å². The fourth-order valence-electron chi connectivity index (χ4n) is 2.03. The first kappa shape index (κ1) is 13.9. The van der Waals surface area contributed by atoms with Gasteiger partial charge < -0.3 is 10.4 Å². The van der Waals surface area contributed by atoms with Crippen molar-refractivity contribution in [2.24, 2.45) is 5.92 Å². The molecule has 0 spiro atoms. The molecule has 2 atom stereocenters. The second-order valence-corrected chi connectivity index (χ2v) is 8.04. The van der Waals surface area contributed by atoms with Gasteiger partial charge in [-0.1, -0.05) is 6.42 Å². The lowest BCUT2D eigenvalue weighted by Crippen LogP contribution is -2.46. The Morgan fingerprint density at radius 3 is 2.50 bits per heavy atom. The zero-order valence-corrected chi connectivity index (χ0v) is 11.2. The molecule has 0 bridgehead atoms. The van der Waals surface area contributed by atoms with Crippen LogP contribution < -0.4 is 5.32 Å². The highest BCUT2D eigenvalue weighted by Gasteiger charge is 2.33. The van der Waals surface area contributed by atoms with Gasteiger partial charge in [-0.3, -0.25) is 0 Å². The molecule has 2 N–H and O–H groups in total. The van der Waals surface area contributed by atoms with Crippen LogP contribution in [0.25, 0.3) is 0 Å². The number of sulfone groups is 1. The number of nitrogens with one attached hydrogen (secondary N) is 1. The van der Waals surface area contributed by atoms with Crippen LogP contribution in [-0.4, -0.2) is 43.7 Å². The fourth-order valence-corrected chi connectivity index (χ4v) is 2.38. The van der Waals surface area contributed by atoms with Gasteiger partial charge in [0.15, 0.2) is 9.84 Å². The Balaban J connectivity index is 2.51. The first-order valence-corrected chi connectivity index (χ1v) is 7.71. The first-order chi connectivity index (χ1) is 7.28. The average Bonchev–Trinajstić information content (AvgIpc) is 2.60. The molecule has 16 heavy (non-hydrogen) atoms. The van der Waals surface area contributed by atoms with E-state index in [1.54, 1.807) is 13.8 Å². The van der Waals surface area contributed by atoms with Crippen molar-refractivity contribution in [2.75, 3.05) is 19.4 Å². The molecule has 0 heterocycles. The molecule has 0 saturated heterocycles. The first-order valence-electron chi connectivity index (χ1n) is 5.82. The lowest BCUT2D eigenvalue weighted by Gasteiger charge is -2.27. The number of hydrogen-bond acceptors (Lipinski definition) is 4. The molecule has 4 nitrogen and oxygen atoms in total. The molecule has 1 rings (SSSR count). The van der Waals surface area contributed by atoms with Crippen molar-refractivity contribution >= 4 is 9.84 Å². The normalized spacial score (nSPS) is 27.2. The number of aliphatic hydroxyl groups excluding tert-OH is 1. The fraction of sp³-hybridized carbons (Fsp3) is 1.00. The van der Waals surface area contributed by atoms with E-state index in [0.717, 1.165) is 19.3 Å². The van der Waals surface area contributed by atoms with Crippen molar-refractivity contribution in [3.63, 3.8) is 0 Å². The maximum atomic E-state index is 11.5. The van der Waals surface area contributed by atoms with Gasteiger partial charge in [0, 0.05) is 25.4 Å². The Kier molecular flexibility index (Phi) is 4.37. The molecule has 96 valence electrons. The van der Waals surface area contributed by atoms with Gasteiger partial charge in [-0.2, -0.15) is 0 Å². The third-order valence-corrected chi connectivity index (χ3v) is 5.84. The van der Waals surface area contributed by atoms with Crippen molar-refractivity contribution in [1.29, 1.82) is 0 Å². The van der Waals surface area contributed by atoms with Gasteiger partial charge in [0.1, 0.15) is 0 Å². The Bertz CT molecular complexity index is 324. The standard InChI is InChI=1S/C11H23NO3S/c1-11(2,16(3,14)15)8-12-10-6-4-5-9(10)7-13/h9-10,12-13H,4-8H2,1-3H3. The van der Waals surface area contributed by atoms with Gasteiger partial charge in [-0.25, -0.2) is 8.42 Å². The van der Waals surface area contributed by atoms with E-state index in [4.69, 9.17) is 5.11 Å². The predicted molar refractivity (Wildman–Crippen MR) is 65.1 cm³/mol. The van der Waals surface area contributed by atoms with Crippen LogP contribution in [0, 0.1) is 5.92 Å². The summed E-state index contributed by atoms with van der Waals surface area (Å²) >= 11 is 0. The Morgan fingerprint density at radius 2 is 2.00 bits per heavy atom. The summed E-state index contributed by atoms with van der Waals surface area (Å²) in [5.41, 5.74) is 0. The lowest BCUT2D eigenvalue weighted by molar-refractivity contribution is 0.204. The monoisotopic (exact) mass is 249 g/mol. The van der Waals surface area contributed by atoms with E-state index in [1.807, 2.05) is 0 Å². The minimum absolute atomic E-state index is 0.191. The van der Waals surface area contributed by atoms with Crippen LogP contribution in [0.4, 0.5) is 0 Å². The maximum absolute atomic E-state index is 11.5. The van der Waals surface area contributed by atoms with Gasteiger partial charge in [0.05, 0.1) is 4.75 Å². The average molecular weight is 249 g/mol. The van der Waals surface area contributed by atoms with E-state index < -0.39 is 14.6 Å². The summed E-state index contributed by atoms with van der Waals surface area (Å²) in [6.07, 6.45) is 4.45. The van der Waals surface area contributed by atoms with Crippen LogP contribution in [0.1, 0.15) is 33.1 Å². The Labute approximate surface area is 98.4 Å². The van der Waals surface area contributed by atoms with Crippen LogP contribution >= 0.6 is 0 Å². The maximum Gasteiger partial charge on any atom is 0.153 e. The zero-order chi connectivity index (χ0) is 12.4. The number of hydrogen-bond donors (Lipinski definition) is 2.